The summed E-state index contributed by atoms with van der Waals surface area (Å²) < 4.78 is 4.60. The summed E-state index contributed by atoms with van der Waals surface area (Å²) in [6.07, 6.45) is 9.74. The minimum absolute atomic E-state index is 0.0639. The van der Waals surface area contributed by atoms with E-state index in [1.165, 1.54) is 26.4 Å². The molecule has 0 aromatic carbocycles. The molecule has 1 rings (SSSR count). The fourth-order valence-corrected chi connectivity index (χ4v) is 2.35. The van der Waals surface area contributed by atoms with E-state index in [0.717, 1.165) is 32.1 Å². The Bertz CT molecular complexity index is 198. The van der Waals surface area contributed by atoms with Gasteiger partial charge in [0, 0.05) is 12.0 Å². The molecule has 1 fully saturated rings. The first-order valence-corrected chi connectivity index (χ1v) is 6.02. The number of unbranched alkanes of at least 4 members (excludes halogenated alkanes) is 1. The Labute approximate surface area is 92.4 Å². The van der Waals surface area contributed by atoms with Gasteiger partial charge in [0.1, 0.15) is 0 Å². The first-order chi connectivity index (χ1) is 7.16. The lowest BCUT2D eigenvalue weighted by atomic mass is 9.79. The molecule has 0 saturated heterocycles. The third kappa shape index (κ3) is 4.65. The second-order valence-corrected chi connectivity index (χ2v) is 4.71. The maximum absolute atomic E-state index is 10.9. The lowest BCUT2D eigenvalue weighted by Crippen LogP contribution is -2.41. The van der Waals surface area contributed by atoms with Gasteiger partial charge >= 0.3 is 5.97 Å². The molecule has 88 valence electrons. The van der Waals surface area contributed by atoms with E-state index in [0.29, 0.717) is 6.42 Å². The molecule has 0 atom stereocenters. The normalized spacial score (nSPS) is 19.9. The van der Waals surface area contributed by atoms with Crippen molar-refractivity contribution < 1.29 is 9.53 Å². The molecule has 1 aliphatic carbocycles. The third-order valence-corrected chi connectivity index (χ3v) is 3.38. The van der Waals surface area contributed by atoms with Crippen LogP contribution >= 0.6 is 0 Å². The van der Waals surface area contributed by atoms with Crippen LogP contribution < -0.4 is 5.73 Å². The summed E-state index contributed by atoms with van der Waals surface area (Å²) in [6, 6.07) is 0. The van der Waals surface area contributed by atoms with Crippen molar-refractivity contribution in [3.63, 3.8) is 0 Å². The lowest BCUT2D eigenvalue weighted by molar-refractivity contribution is -0.140. The summed E-state index contributed by atoms with van der Waals surface area (Å²) in [6.45, 7) is 0. The average Bonchev–Trinajstić information content (AvgIpc) is 2.25. The highest BCUT2D eigenvalue weighted by Crippen LogP contribution is 2.30. The van der Waals surface area contributed by atoms with Crippen LogP contribution in [0.1, 0.15) is 57.8 Å². The van der Waals surface area contributed by atoms with Crippen LogP contribution in [-0.4, -0.2) is 18.6 Å². The predicted octanol–water partition coefficient (Wildman–Crippen LogP) is 2.38. The van der Waals surface area contributed by atoms with Crippen LogP contribution in [0.5, 0.6) is 0 Å². The molecule has 15 heavy (non-hydrogen) atoms. The Kier molecular flexibility index (Phi) is 5.09. The predicted molar refractivity (Wildman–Crippen MR) is 60.5 cm³/mol. The van der Waals surface area contributed by atoms with Gasteiger partial charge in [0.25, 0.3) is 0 Å². The molecule has 0 radical (unpaired) electrons. The first kappa shape index (κ1) is 12.5. The Morgan fingerprint density at radius 3 is 2.53 bits per heavy atom. The molecule has 3 heteroatoms. The van der Waals surface area contributed by atoms with Gasteiger partial charge in [-0.2, -0.15) is 0 Å². The van der Waals surface area contributed by atoms with Gasteiger partial charge in [-0.1, -0.05) is 25.7 Å². The number of hydrogen-bond acceptors (Lipinski definition) is 3. The van der Waals surface area contributed by atoms with Gasteiger partial charge in [-0.05, 0) is 25.7 Å². The van der Waals surface area contributed by atoms with E-state index in [1.54, 1.807) is 0 Å². The molecular weight excluding hydrogens is 190 g/mol. The van der Waals surface area contributed by atoms with Gasteiger partial charge in [0.2, 0.25) is 0 Å². The van der Waals surface area contributed by atoms with Gasteiger partial charge in [-0.15, -0.1) is 0 Å². The van der Waals surface area contributed by atoms with Crippen LogP contribution in [0, 0.1) is 0 Å². The van der Waals surface area contributed by atoms with Gasteiger partial charge in [-0.25, -0.2) is 0 Å². The summed E-state index contributed by atoms with van der Waals surface area (Å²) in [5.41, 5.74) is 6.36. The molecule has 1 aliphatic rings. The van der Waals surface area contributed by atoms with E-state index in [2.05, 4.69) is 4.74 Å². The van der Waals surface area contributed by atoms with Crippen molar-refractivity contribution in [3.05, 3.63) is 0 Å². The minimum atomic E-state index is -0.107. The smallest absolute Gasteiger partial charge is 0.305 e. The molecule has 3 nitrogen and oxygen atoms in total. The van der Waals surface area contributed by atoms with Crippen molar-refractivity contribution in [2.45, 2.75) is 63.3 Å². The van der Waals surface area contributed by atoms with Crippen molar-refractivity contribution in [2.24, 2.45) is 5.73 Å². The van der Waals surface area contributed by atoms with Crippen molar-refractivity contribution in [1.82, 2.24) is 0 Å². The van der Waals surface area contributed by atoms with E-state index in [4.69, 9.17) is 5.73 Å². The molecule has 0 aromatic rings. The van der Waals surface area contributed by atoms with Crippen LogP contribution in [0.25, 0.3) is 0 Å². The van der Waals surface area contributed by atoms with Crippen LogP contribution in [0.4, 0.5) is 0 Å². The van der Waals surface area contributed by atoms with Crippen LogP contribution in [0.2, 0.25) is 0 Å². The zero-order valence-electron chi connectivity index (χ0n) is 9.76. The molecule has 0 spiro atoms. The number of esters is 1. The molecule has 0 bridgehead atoms. The largest absolute Gasteiger partial charge is 0.469 e. The highest BCUT2D eigenvalue weighted by Gasteiger charge is 2.26. The minimum Gasteiger partial charge on any atom is -0.469 e. The second-order valence-electron chi connectivity index (χ2n) is 4.71. The number of ether oxygens (including phenoxy) is 1. The zero-order valence-corrected chi connectivity index (χ0v) is 9.76. The average molecular weight is 213 g/mol. The molecule has 0 amide bonds. The summed E-state index contributed by atoms with van der Waals surface area (Å²) in [5, 5.41) is 0. The van der Waals surface area contributed by atoms with Crippen molar-refractivity contribution in [1.29, 1.82) is 0 Å². The summed E-state index contributed by atoms with van der Waals surface area (Å²) in [7, 11) is 1.44. The molecule has 2 N–H and O–H groups in total. The Hall–Kier alpha value is -0.570. The van der Waals surface area contributed by atoms with Gasteiger partial charge < -0.3 is 10.5 Å². The SMILES string of the molecule is COC(=O)CCCCC1(N)CCCCC1. The first-order valence-electron chi connectivity index (χ1n) is 6.02. The zero-order chi connectivity index (χ0) is 11.1. The Balaban J connectivity index is 2.10. The van der Waals surface area contributed by atoms with Crippen molar-refractivity contribution in [2.75, 3.05) is 7.11 Å². The van der Waals surface area contributed by atoms with E-state index in [1.807, 2.05) is 0 Å². The van der Waals surface area contributed by atoms with E-state index in [-0.39, 0.29) is 11.5 Å². The van der Waals surface area contributed by atoms with E-state index >= 15 is 0 Å². The topological polar surface area (TPSA) is 52.3 Å². The number of carbonyl (C=O) groups is 1. The molecule has 1 saturated carbocycles. The fraction of sp³-hybridized carbons (Fsp3) is 0.917. The summed E-state index contributed by atoms with van der Waals surface area (Å²) >= 11 is 0. The van der Waals surface area contributed by atoms with E-state index in [9.17, 15) is 4.79 Å². The van der Waals surface area contributed by atoms with Crippen molar-refractivity contribution in [3.8, 4) is 0 Å². The standard InChI is InChI=1S/C12H23NO2/c1-15-11(14)7-3-6-10-12(13)8-4-2-5-9-12/h2-10,13H2,1H3. The van der Waals surface area contributed by atoms with Crippen LogP contribution in [-0.2, 0) is 9.53 Å². The number of carbonyl (C=O) groups excluding carboxylic acids is 1. The van der Waals surface area contributed by atoms with Gasteiger partial charge in [-0.3, -0.25) is 4.79 Å². The third-order valence-electron chi connectivity index (χ3n) is 3.38. The fourth-order valence-electron chi connectivity index (χ4n) is 2.35. The summed E-state index contributed by atoms with van der Waals surface area (Å²) in [4.78, 5) is 10.9. The van der Waals surface area contributed by atoms with Crippen LogP contribution in [0.3, 0.4) is 0 Å². The molecular formula is C12H23NO2. The number of rotatable bonds is 5. The highest BCUT2D eigenvalue weighted by molar-refractivity contribution is 5.68. The van der Waals surface area contributed by atoms with Crippen LogP contribution in [0.15, 0.2) is 0 Å². The summed E-state index contributed by atoms with van der Waals surface area (Å²) in [5.74, 6) is -0.107. The molecule has 0 aromatic heterocycles. The number of hydrogen-bond donors (Lipinski definition) is 1. The maximum Gasteiger partial charge on any atom is 0.305 e. The number of nitrogens with two attached hydrogens (primary N) is 1. The number of methoxy groups -OCH3 is 1. The second kappa shape index (κ2) is 6.11. The van der Waals surface area contributed by atoms with E-state index < -0.39 is 0 Å². The molecule has 0 aliphatic heterocycles. The Morgan fingerprint density at radius 2 is 1.93 bits per heavy atom. The highest BCUT2D eigenvalue weighted by atomic mass is 16.5. The lowest BCUT2D eigenvalue weighted by Gasteiger charge is -2.33. The monoisotopic (exact) mass is 213 g/mol. The quantitative estimate of drug-likeness (QED) is 0.563. The van der Waals surface area contributed by atoms with Crippen molar-refractivity contribution >= 4 is 5.97 Å². The van der Waals surface area contributed by atoms with Gasteiger partial charge in [0.15, 0.2) is 0 Å². The maximum atomic E-state index is 10.9. The molecule has 0 heterocycles. The Morgan fingerprint density at radius 1 is 1.27 bits per heavy atom. The van der Waals surface area contributed by atoms with Gasteiger partial charge in [0.05, 0.1) is 7.11 Å². The molecule has 0 unspecified atom stereocenters.